The molecule has 0 aromatic carbocycles. The number of hydrogen-bond acceptors (Lipinski definition) is 3. The third-order valence-electron chi connectivity index (χ3n) is 0.223. The Morgan fingerprint density at radius 3 is 3.20 bits per heavy atom. The van der Waals surface area contributed by atoms with Crippen molar-refractivity contribution in [2.45, 2.75) is 0 Å². The van der Waals surface area contributed by atoms with Gasteiger partial charge >= 0.3 is 0 Å². The van der Waals surface area contributed by atoms with Gasteiger partial charge in [-0.25, -0.2) is 0 Å². The van der Waals surface area contributed by atoms with Crippen molar-refractivity contribution >= 4 is 11.5 Å². The third-order valence-corrected chi connectivity index (χ3v) is 0.569. The predicted molar refractivity (Wildman–Crippen MR) is 19.9 cm³/mol. The molecule has 0 atom stereocenters. The molecule has 0 bridgehead atoms. The number of aromatic nitrogens is 2. The lowest BCUT2D eigenvalue weighted by atomic mass is 11.1. The van der Waals surface area contributed by atoms with Gasteiger partial charge in [-0.1, -0.05) is 4.49 Å². The van der Waals surface area contributed by atoms with Crippen molar-refractivity contribution in [3.05, 3.63) is 11.5 Å². The van der Waals surface area contributed by atoms with Crippen molar-refractivity contribution < 1.29 is 2.74 Å². The van der Waals surface area contributed by atoms with E-state index in [0.717, 1.165) is 11.5 Å². The van der Waals surface area contributed by atoms with Gasteiger partial charge in [0.2, 0.25) is 0 Å². The molecule has 0 unspecified atom stereocenters. The molecule has 0 N–H and O–H groups in total. The average Bonchev–Trinajstić information content (AvgIpc) is 1.91. The summed E-state index contributed by atoms with van der Waals surface area (Å²) in [5.41, 5.74) is 0. The zero-order valence-electron chi connectivity index (χ0n) is 4.30. The van der Waals surface area contributed by atoms with Crippen LogP contribution in [-0.4, -0.2) is 9.59 Å². The van der Waals surface area contributed by atoms with Gasteiger partial charge in [-0.15, -0.1) is 5.10 Å². The van der Waals surface area contributed by atoms with Crippen molar-refractivity contribution in [2.24, 2.45) is 0 Å². The van der Waals surface area contributed by atoms with Crippen LogP contribution in [0.15, 0.2) is 11.5 Å². The summed E-state index contributed by atoms with van der Waals surface area (Å²) >= 11 is 0.922. The molecule has 1 aromatic heterocycles. The maximum absolute atomic E-state index is 6.81. The molecule has 0 saturated heterocycles. The third kappa shape index (κ3) is 0.417. The Morgan fingerprint density at radius 1 is 2.00 bits per heavy atom. The van der Waals surface area contributed by atoms with Crippen molar-refractivity contribution in [1.82, 2.24) is 9.59 Å². The van der Waals surface area contributed by atoms with Gasteiger partial charge in [0.15, 0.2) is 0 Å². The zero-order chi connectivity index (χ0) is 5.28. The molecule has 0 aliphatic carbocycles. The van der Waals surface area contributed by atoms with Crippen molar-refractivity contribution in [1.29, 1.82) is 0 Å². The smallest absolute Gasteiger partial charge is 0.0870 e. The second-order valence-corrected chi connectivity index (χ2v) is 1.04. The van der Waals surface area contributed by atoms with E-state index in [1.54, 1.807) is 0 Å². The van der Waals surface area contributed by atoms with Crippen LogP contribution in [0.25, 0.3) is 0 Å². The molecule has 0 spiro atoms. The van der Waals surface area contributed by atoms with Gasteiger partial charge in [0, 0.05) is 5.36 Å². The molecule has 0 fully saturated rings. The summed E-state index contributed by atoms with van der Waals surface area (Å²) in [6.45, 7) is 0. The van der Waals surface area contributed by atoms with Crippen molar-refractivity contribution in [3.63, 3.8) is 0 Å². The molecule has 0 saturated carbocycles. The molecule has 0 aliphatic rings. The van der Waals surface area contributed by atoms with E-state index < -0.39 is 0 Å². The summed E-state index contributed by atoms with van der Waals surface area (Å²) in [6.07, 6.45) is -0.0370. The van der Waals surface area contributed by atoms with Gasteiger partial charge in [-0.2, -0.15) is 0 Å². The van der Waals surface area contributed by atoms with Crippen molar-refractivity contribution in [2.75, 3.05) is 0 Å². The van der Waals surface area contributed by atoms with Crippen LogP contribution < -0.4 is 0 Å². The first-order chi connectivity index (χ1) is 3.30. The lowest BCUT2D eigenvalue weighted by molar-refractivity contribution is 1.16. The van der Waals surface area contributed by atoms with Gasteiger partial charge in [-0.05, 0) is 11.5 Å². The van der Waals surface area contributed by atoms with E-state index in [-0.39, 0.29) is 11.5 Å². The maximum Gasteiger partial charge on any atom is 0.0870 e. The second-order valence-electron chi connectivity index (χ2n) is 0.487. The first kappa shape index (κ1) is 1.34. The molecule has 0 radical (unpaired) electrons. The van der Waals surface area contributed by atoms with Crippen LogP contribution in [-0.2, 0) is 0 Å². The predicted octanol–water partition coefficient (Wildman–Crippen LogP) is 0.538. The molecular formula is C2H2N2S. The zero-order valence-corrected chi connectivity index (χ0v) is 3.12. The van der Waals surface area contributed by atoms with E-state index in [4.69, 9.17) is 2.74 Å². The fourth-order valence-electron chi connectivity index (χ4n) is 0.102. The summed E-state index contributed by atoms with van der Waals surface area (Å²) in [5, 5.41) is 3.39. The van der Waals surface area contributed by atoms with Gasteiger partial charge in [0.25, 0.3) is 0 Å². The highest BCUT2D eigenvalue weighted by molar-refractivity contribution is 7.03. The molecule has 1 heterocycles. The Bertz CT molecular complexity index is 146. The van der Waals surface area contributed by atoms with E-state index in [9.17, 15) is 0 Å². The minimum atomic E-state index is -0.0370. The normalized spacial score (nSPS) is 13.6. The fourth-order valence-corrected chi connectivity index (χ4v) is 0.306. The molecule has 5 heavy (non-hydrogen) atoms. The summed E-state index contributed by atoms with van der Waals surface area (Å²) < 4.78 is 16.9. The number of rotatable bonds is 0. The van der Waals surface area contributed by atoms with Gasteiger partial charge in [0.1, 0.15) is 0 Å². The molecule has 1 rings (SSSR count). The van der Waals surface area contributed by atoms with Gasteiger partial charge in [0.05, 0.1) is 8.91 Å². The van der Waals surface area contributed by atoms with Crippen LogP contribution in [0.3, 0.4) is 0 Å². The Morgan fingerprint density at radius 2 is 3.00 bits per heavy atom. The highest BCUT2D eigenvalue weighted by Gasteiger charge is 1.61. The van der Waals surface area contributed by atoms with Crippen LogP contribution in [0.5, 0.6) is 0 Å². The Labute approximate surface area is 36.4 Å². The number of hydrogen-bond donors (Lipinski definition) is 0. The van der Waals surface area contributed by atoms with E-state index >= 15 is 0 Å². The molecule has 1 aromatic rings. The van der Waals surface area contributed by atoms with Crippen LogP contribution in [0.1, 0.15) is 2.74 Å². The first-order valence-corrected chi connectivity index (χ1v) is 1.83. The van der Waals surface area contributed by atoms with Gasteiger partial charge in [-0.3, -0.25) is 0 Å². The largest absolute Gasteiger partial charge is 0.147 e. The Hall–Kier alpha value is -0.440. The minimum Gasteiger partial charge on any atom is -0.147 e. The fraction of sp³-hybridized carbons (Fsp3) is 0. The van der Waals surface area contributed by atoms with E-state index in [1.807, 2.05) is 0 Å². The van der Waals surface area contributed by atoms with Crippen LogP contribution in [0.2, 0.25) is 0 Å². The molecular weight excluding hydrogens is 84.1 g/mol. The quantitative estimate of drug-likeness (QED) is 0.462. The Kier molecular flexibility index (Phi) is 0.301. The summed E-state index contributed by atoms with van der Waals surface area (Å²) in [7, 11) is 0. The van der Waals surface area contributed by atoms with Crippen molar-refractivity contribution in [3.8, 4) is 0 Å². The lowest BCUT2D eigenvalue weighted by Gasteiger charge is -1.40. The SMILES string of the molecule is [2H]c1nnsc1[2H]. The van der Waals surface area contributed by atoms with Crippen LogP contribution in [0.4, 0.5) is 0 Å². The molecule has 2 nitrogen and oxygen atoms in total. The maximum atomic E-state index is 6.81. The standard InChI is InChI=1S/C2H2N2S/c1-2-5-4-3-1/h1-2H/i1D,2D. The lowest BCUT2D eigenvalue weighted by Crippen LogP contribution is -1.51. The number of nitrogens with zero attached hydrogens (tertiary/aromatic N) is 2. The van der Waals surface area contributed by atoms with E-state index in [2.05, 4.69) is 9.59 Å². The van der Waals surface area contributed by atoms with Crippen LogP contribution in [0, 0.1) is 0 Å². The highest BCUT2D eigenvalue weighted by atomic mass is 32.1. The van der Waals surface area contributed by atoms with E-state index in [0.29, 0.717) is 0 Å². The Balaban J connectivity index is 3.12. The molecule has 26 valence electrons. The second kappa shape index (κ2) is 1.12. The summed E-state index contributed by atoms with van der Waals surface area (Å²) in [6, 6.07) is 0. The molecule has 3 heteroatoms. The van der Waals surface area contributed by atoms with Gasteiger partial charge < -0.3 is 0 Å². The van der Waals surface area contributed by atoms with E-state index in [1.165, 1.54) is 0 Å². The topological polar surface area (TPSA) is 25.8 Å². The first-order valence-electron chi connectivity index (χ1n) is 2.06. The summed E-state index contributed by atoms with van der Waals surface area (Å²) in [5.74, 6) is 0. The minimum absolute atomic E-state index is 0.0370. The average molecular weight is 88.1 g/mol. The highest BCUT2D eigenvalue weighted by Crippen LogP contribution is 1.78. The molecule has 0 amide bonds. The van der Waals surface area contributed by atoms with Crippen LogP contribution >= 0.6 is 11.5 Å². The monoisotopic (exact) mass is 88.0 g/mol. The summed E-state index contributed by atoms with van der Waals surface area (Å²) in [4.78, 5) is 0. The molecule has 0 aliphatic heterocycles.